The summed E-state index contributed by atoms with van der Waals surface area (Å²) in [5, 5.41) is 2.59. The lowest BCUT2D eigenvalue weighted by Gasteiger charge is -2.14. The first-order valence-electron chi connectivity index (χ1n) is 7.95. The molecule has 2 aromatic rings. The zero-order chi connectivity index (χ0) is 19.1. The minimum Gasteiger partial charge on any atom is -0.482 e. The van der Waals surface area contributed by atoms with E-state index in [9.17, 15) is 14.4 Å². The van der Waals surface area contributed by atoms with Gasteiger partial charge in [-0.3, -0.25) is 9.59 Å². The molecular weight excluding hydrogens is 336 g/mol. The zero-order valence-electron chi connectivity index (χ0n) is 14.5. The third-order valence-electron chi connectivity index (χ3n) is 3.55. The fraction of sp³-hybridized carbons (Fsp3) is 0.211. The predicted octanol–water partition coefficient (Wildman–Crippen LogP) is 2.04. The van der Waals surface area contributed by atoms with E-state index in [1.807, 2.05) is 19.1 Å². The van der Waals surface area contributed by atoms with Gasteiger partial charge < -0.3 is 20.5 Å². The van der Waals surface area contributed by atoms with Crippen molar-refractivity contribution in [3.8, 4) is 5.75 Å². The van der Waals surface area contributed by atoms with E-state index >= 15 is 0 Å². The highest BCUT2D eigenvalue weighted by atomic mass is 16.6. The molecule has 0 unspecified atom stereocenters. The lowest BCUT2D eigenvalue weighted by molar-refractivity contribution is -0.155. The Hall–Kier alpha value is -3.35. The molecule has 0 aliphatic rings. The first-order chi connectivity index (χ1) is 12.4. The molecule has 0 aliphatic heterocycles. The number of carbonyl (C=O) groups excluding carboxylic acids is 3. The Bertz CT molecular complexity index is 802. The van der Waals surface area contributed by atoms with Gasteiger partial charge in [-0.2, -0.15) is 0 Å². The number of aryl methyl sites for hydroxylation is 1. The molecule has 2 rings (SSSR count). The summed E-state index contributed by atoms with van der Waals surface area (Å²) < 4.78 is 10.4. The number of primary amides is 1. The van der Waals surface area contributed by atoms with Crippen LogP contribution in [0.5, 0.6) is 5.75 Å². The van der Waals surface area contributed by atoms with Gasteiger partial charge in [0.25, 0.3) is 5.91 Å². The quantitative estimate of drug-likeness (QED) is 0.738. The van der Waals surface area contributed by atoms with Crippen molar-refractivity contribution in [1.82, 2.24) is 0 Å². The number of amides is 2. The largest absolute Gasteiger partial charge is 0.482 e. The minimum absolute atomic E-state index is 0.296. The number of carbonyl (C=O) groups is 3. The summed E-state index contributed by atoms with van der Waals surface area (Å²) >= 11 is 0. The number of nitrogens with one attached hydrogen (secondary N) is 1. The van der Waals surface area contributed by atoms with Gasteiger partial charge in [0.1, 0.15) is 5.75 Å². The third kappa shape index (κ3) is 5.34. The summed E-state index contributed by atoms with van der Waals surface area (Å²) in [4.78, 5) is 34.9. The monoisotopic (exact) mass is 356 g/mol. The average molecular weight is 356 g/mol. The normalized spacial score (nSPS) is 11.3. The Balaban J connectivity index is 1.83. The van der Waals surface area contributed by atoms with Crippen molar-refractivity contribution in [3.63, 3.8) is 0 Å². The molecule has 0 saturated carbocycles. The van der Waals surface area contributed by atoms with Crippen LogP contribution in [0.2, 0.25) is 0 Å². The Morgan fingerprint density at radius 3 is 2.35 bits per heavy atom. The number of anilines is 1. The van der Waals surface area contributed by atoms with Crippen LogP contribution in [0.4, 0.5) is 5.69 Å². The summed E-state index contributed by atoms with van der Waals surface area (Å²) in [5.41, 5.74) is 6.83. The molecule has 2 amide bonds. The second-order valence-corrected chi connectivity index (χ2v) is 5.62. The molecule has 0 radical (unpaired) electrons. The van der Waals surface area contributed by atoms with Gasteiger partial charge in [-0.25, -0.2) is 4.79 Å². The van der Waals surface area contributed by atoms with Crippen molar-refractivity contribution in [1.29, 1.82) is 0 Å². The maximum absolute atomic E-state index is 12.1. The molecule has 0 bridgehead atoms. The molecule has 0 saturated heterocycles. The van der Waals surface area contributed by atoms with Gasteiger partial charge in [-0.15, -0.1) is 0 Å². The first-order valence-corrected chi connectivity index (χ1v) is 7.95. The van der Waals surface area contributed by atoms with Gasteiger partial charge in [0, 0.05) is 11.3 Å². The second-order valence-electron chi connectivity index (χ2n) is 5.62. The van der Waals surface area contributed by atoms with Crippen LogP contribution in [0.25, 0.3) is 0 Å². The predicted molar refractivity (Wildman–Crippen MR) is 95.8 cm³/mol. The van der Waals surface area contributed by atoms with E-state index in [1.165, 1.54) is 31.2 Å². The van der Waals surface area contributed by atoms with Crippen LogP contribution in [0.15, 0.2) is 48.5 Å². The van der Waals surface area contributed by atoms with Crippen molar-refractivity contribution in [2.45, 2.75) is 20.0 Å². The molecule has 7 heteroatoms. The highest BCUT2D eigenvalue weighted by Gasteiger charge is 2.18. The van der Waals surface area contributed by atoms with E-state index in [-0.39, 0.29) is 6.61 Å². The van der Waals surface area contributed by atoms with E-state index < -0.39 is 23.9 Å². The summed E-state index contributed by atoms with van der Waals surface area (Å²) in [7, 11) is 0. The zero-order valence-corrected chi connectivity index (χ0v) is 14.5. The molecule has 26 heavy (non-hydrogen) atoms. The lowest BCUT2D eigenvalue weighted by Crippen LogP contribution is -2.31. The molecule has 0 spiro atoms. The first kappa shape index (κ1) is 19.0. The molecule has 7 nitrogen and oxygen atoms in total. The summed E-state index contributed by atoms with van der Waals surface area (Å²) in [5.74, 6) is -1.13. The van der Waals surface area contributed by atoms with Gasteiger partial charge in [-0.1, -0.05) is 18.2 Å². The SMILES string of the molecule is Cc1ccccc1OCC(=O)O[C@H](C)C(=O)Nc1ccc(C(N)=O)cc1. The van der Waals surface area contributed by atoms with E-state index in [0.29, 0.717) is 17.0 Å². The molecule has 0 fully saturated rings. The standard InChI is InChI=1S/C19H20N2O5/c1-12-5-3-4-6-16(12)25-11-17(22)26-13(2)19(24)21-15-9-7-14(8-10-15)18(20)23/h3-10,13H,11H2,1-2H3,(H2,20,23)(H,21,24)/t13-/m1/s1. The van der Waals surface area contributed by atoms with Crippen LogP contribution >= 0.6 is 0 Å². The van der Waals surface area contributed by atoms with Crippen LogP contribution in [0, 0.1) is 6.92 Å². The van der Waals surface area contributed by atoms with Crippen LogP contribution in [0.1, 0.15) is 22.8 Å². The van der Waals surface area contributed by atoms with Crippen molar-refractivity contribution < 1.29 is 23.9 Å². The van der Waals surface area contributed by atoms with Crippen LogP contribution in [0.3, 0.4) is 0 Å². The summed E-state index contributed by atoms with van der Waals surface area (Å²) in [6, 6.07) is 13.3. The Morgan fingerprint density at radius 2 is 1.73 bits per heavy atom. The number of ether oxygens (including phenoxy) is 2. The van der Waals surface area contributed by atoms with Gasteiger partial charge >= 0.3 is 5.97 Å². The number of esters is 1. The number of para-hydroxylation sites is 1. The Labute approximate surface area is 151 Å². The van der Waals surface area contributed by atoms with Gasteiger partial charge in [0.05, 0.1) is 0 Å². The summed E-state index contributed by atoms with van der Waals surface area (Å²) in [6.45, 7) is 3.02. The molecular formula is C19H20N2O5. The molecule has 0 aliphatic carbocycles. The number of hydrogen-bond donors (Lipinski definition) is 2. The molecule has 0 heterocycles. The number of rotatable bonds is 7. The maximum atomic E-state index is 12.1. The Kier molecular flexibility index (Phi) is 6.32. The topological polar surface area (TPSA) is 108 Å². The second kappa shape index (κ2) is 8.66. The summed E-state index contributed by atoms with van der Waals surface area (Å²) in [6.07, 6.45) is -1.00. The molecule has 1 atom stereocenters. The van der Waals surface area contributed by atoms with Crippen molar-refractivity contribution in [2.24, 2.45) is 5.73 Å². The highest BCUT2D eigenvalue weighted by molar-refractivity contribution is 5.96. The average Bonchev–Trinajstić information content (AvgIpc) is 2.61. The maximum Gasteiger partial charge on any atom is 0.344 e. The molecule has 2 aromatic carbocycles. The molecule has 0 aromatic heterocycles. The van der Waals surface area contributed by atoms with E-state index in [1.54, 1.807) is 12.1 Å². The van der Waals surface area contributed by atoms with Gasteiger partial charge in [0.2, 0.25) is 5.91 Å². The molecule has 136 valence electrons. The number of benzene rings is 2. The van der Waals surface area contributed by atoms with Crippen molar-refractivity contribution in [2.75, 3.05) is 11.9 Å². The van der Waals surface area contributed by atoms with Gasteiger partial charge in [-0.05, 0) is 49.7 Å². The smallest absolute Gasteiger partial charge is 0.344 e. The van der Waals surface area contributed by atoms with E-state index in [4.69, 9.17) is 15.2 Å². The lowest BCUT2D eigenvalue weighted by atomic mass is 10.2. The van der Waals surface area contributed by atoms with Crippen LogP contribution in [-0.2, 0) is 14.3 Å². The van der Waals surface area contributed by atoms with E-state index in [0.717, 1.165) is 5.56 Å². The van der Waals surface area contributed by atoms with E-state index in [2.05, 4.69) is 5.32 Å². The molecule has 3 N–H and O–H groups in total. The van der Waals surface area contributed by atoms with Crippen LogP contribution in [-0.4, -0.2) is 30.5 Å². The number of nitrogens with two attached hydrogens (primary N) is 1. The Morgan fingerprint density at radius 1 is 1.08 bits per heavy atom. The van der Waals surface area contributed by atoms with Crippen LogP contribution < -0.4 is 15.8 Å². The van der Waals surface area contributed by atoms with Gasteiger partial charge in [0.15, 0.2) is 12.7 Å². The van der Waals surface area contributed by atoms with Crippen molar-refractivity contribution in [3.05, 3.63) is 59.7 Å². The highest BCUT2D eigenvalue weighted by Crippen LogP contribution is 2.16. The fourth-order valence-electron chi connectivity index (χ4n) is 2.10. The van der Waals surface area contributed by atoms with Crippen molar-refractivity contribution >= 4 is 23.5 Å². The minimum atomic E-state index is -1.00. The number of hydrogen-bond acceptors (Lipinski definition) is 5. The fourth-order valence-corrected chi connectivity index (χ4v) is 2.10. The third-order valence-corrected chi connectivity index (χ3v) is 3.55.